The van der Waals surface area contributed by atoms with Crippen LogP contribution in [0.5, 0.6) is 5.75 Å². The first-order valence-electron chi connectivity index (χ1n) is 11.1. The highest BCUT2D eigenvalue weighted by atomic mass is 16.6. The second kappa shape index (κ2) is 9.35. The predicted molar refractivity (Wildman–Crippen MR) is 113 cm³/mol. The summed E-state index contributed by atoms with van der Waals surface area (Å²) < 4.78 is 10.9. The van der Waals surface area contributed by atoms with E-state index in [-0.39, 0.29) is 29.3 Å². The molecule has 1 aromatic carbocycles. The largest absolute Gasteiger partial charge is 0.497 e. The molecular weight excluding hydrogens is 382 g/mol. The normalized spacial score (nSPS) is 24.6. The van der Waals surface area contributed by atoms with Gasteiger partial charge in [-0.05, 0) is 69.6 Å². The van der Waals surface area contributed by atoms with Gasteiger partial charge < -0.3 is 20.1 Å². The number of nitrogens with one attached hydrogen (secondary N) is 2. The number of piperidine rings is 2. The second-order valence-corrected chi connectivity index (χ2v) is 8.90. The van der Waals surface area contributed by atoms with Gasteiger partial charge in [-0.25, -0.2) is 0 Å². The number of methoxy groups -OCH3 is 1. The zero-order valence-electron chi connectivity index (χ0n) is 17.8. The van der Waals surface area contributed by atoms with Crippen molar-refractivity contribution in [3.8, 4) is 5.75 Å². The van der Waals surface area contributed by atoms with Gasteiger partial charge in [-0.1, -0.05) is 12.1 Å². The molecule has 3 heterocycles. The summed E-state index contributed by atoms with van der Waals surface area (Å²) in [7, 11) is 1.64. The third kappa shape index (κ3) is 4.78. The van der Waals surface area contributed by atoms with E-state index in [9.17, 15) is 9.59 Å². The first-order chi connectivity index (χ1) is 14.6. The van der Waals surface area contributed by atoms with E-state index in [1.54, 1.807) is 7.11 Å². The van der Waals surface area contributed by atoms with Crippen molar-refractivity contribution in [2.24, 2.45) is 11.3 Å². The Morgan fingerprint density at radius 2 is 1.93 bits per heavy atom. The number of carbonyl (C=O) groups excluding carboxylic acids is 2. The minimum absolute atomic E-state index is 0.00166. The Balaban J connectivity index is 1.19. The Morgan fingerprint density at radius 1 is 1.23 bits per heavy atom. The van der Waals surface area contributed by atoms with Gasteiger partial charge in [0, 0.05) is 25.4 Å². The molecule has 3 saturated heterocycles. The molecule has 1 unspecified atom stereocenters. The van der Waals surface area contributed by atoms with Gasteiger partial charge in [0.2, 0.25) is 5.91 Å². The maximum absolute atomic E-state index is 12.6. The Morgan fingerprint density at radius 3 is 2.60 bits per heavy atom. The fraction of sp³-hybridized carbons (Fsp3) is 0.652. The van der Waals surface area contributed by atoms with Crippen molar-refractivity contribution >= 4 is 11.9 Å². The fourth-order valence-electron chi connectivity index (χ4n) is 5.00. The van der Waals surface area contributed by atoms with E-state index in [4.69, 9.17) is 9.47 Å². The van der Waals surface area contributed by atoms with Crippen molar-refractivity contribution in [2.45, 2.75) is 44.8 Å². The molecular formula is C23H33N3O4. The van der Waals surface area contributed by atoms with Crippen LogP contribution in [0.1, 0.15) is 37.7 Å². The summed E-state index contributed by atoms with van der Waals surface area (Å²) in [4.78, 5) is 27.4. The van der Waals surface area contributed by atoms with Crippen LogP contribution in [0.25, 0.3) is 0 Å². The summed E-state index contributed by atoms with van der Waals surface area (Å²) in [6, 6.07) is 7.76. The van der Waals surface area contributed by atoms with E-state index in [1.165, 1.54) is 0 Å². The van der Waals surface area contributed by atoms with Crippen LogP contribution in [-0.4, -0.2) is 62.7 Å². The number of cyclic esters (lactones) is 1. The van der Waals surface area contributed by atoms with E-state index in [0.717, 1.165) is 76.1 Å². The van der Waals surface area contributed by atoms with Gasteiger partial charge >= 0.3 is 5.97 Å². The molecule has 0 radical (unpaired) electrons. The summed E-state index contributed by atoms with van der Waals surface area (Å²) in [6.07, 6.45) is 4.32. The number of ether oxygens (including phenoxy) is 2. The van der Waals surface area contributed by atoms with Crippen molar-refractivity contribution < 1.29 is 19.1 Å². The smallest absolute Gasteiger partial charge is 0.312 e. The molecule has 1 atom stereocenters. The average molecular weight is 416 g/mol. The molecule has 0 saturated carbocycles. The minimum Gasteiger partial charge on any atom is -0.497 e. The van der Waals surface area contributed by atoms with E-state index in [2.05, 4.69) is 15.5 Å². The van der Waals surface area contributed by atoms with Gasteiger partial charge in [0.25, 0.3) is 0 Å². The fourth-order valence-corrected chi connectivity index (χ4v) is 5.00. The molecule has 1 spiro atoms. The molecule has 0 aliphatic carbocycles. The number of amides is 1. The Bertz CT molecular complexity index is 737. The van der Waals surface area contributed by atoms with Crippen molar-refractivity contribution in [1.82, 2.24) is 15.5 Å². The molecule has 3 fully saturated rings. The van der Waals surface area contributed by atoms with Crippen LogP contribution in [0, 0.1) is 11.3 Å². The van der Waals surface area contributed by atoms with Crippen LogP contribution in [0.4, 0.5) is 0 Å². The predicted octanol–water partition coefficient (Wildman–Crippen LogP) is 1.71. The topological polar surface area (TPSA) is 79.9 Å². The van der Waals surface area contributed by atoms with Crippen molar-refractivity contribution in [1.29, 1.82) is 0 Å². The molecule has 2 N–H and O–H groups in total. The van der Waals surface area contributed by atoms with Gasteiger partial charge in [0.05, 0.1) is 12.5 Å². The lowest BCUT2D eigenvalue weighted by Gasteiger charge is -2.33. The lowest BCUT2D eigenvalue weighted by Crippen LogP contribution is -2.43. The number of esters is 1. The molecule has 0 bridgehead atoms. The van der Waals surface area contributed by atoms with Crippen molar-refractivity contribution in [3.05, 3.63) is 29.8 Å². The summed E-state index contributed by atoms with van der Waals surface area (Å²) in [5.74, 6) is 1.01. The van der Waals surface area contributed by atoms with Gasteiger partial charge in [-0.2, -0.15) is 0 Å². The zero-order valence-corrected chi connectivity index (χ0v) is 17.8. The Hall–Kier alpha value is -2.12. The van der Waals surface area contributed by atoms with Crippen LogP contribution in [-0.2, 0) is 20.9 Å². The van der Waals surface area contributed by atoms with Crippen LogP contribution >= 0.6 is 0 Å². The maximum atomic E-state index is 12.6. The monoisotopic (exact) mass is 415 g/mol. The Labute approximate surface area is 178 Å². The van der Waals surface area contributed by atoms with E-state index in [0.29, 0.717) is 6.54 Å². The lowest BCUT2D eigenvalue weighted by molar-refractivity contribution is -0.150. The second-order valence-electron chi connectivity index (χ2n) is 8.90. The summed E-state index contributed by atoms with van der Waals surface area (Å²) in [5, 5.41) is 6.40. The highest BCUT2D eigenvalue weighted by Gasteiger charge is 2.49. The van der Waals surface area contributed by atoms with Crippen molar-refractivity contribution in [3.63, 3.8) is 0 Å². The zero-order chi connectivity index (χ0) is 21.0. The SMILES string of the molecule is COc1ccc(CNC(=O)C2CCN(CC3CC4(CCNCC4)C(=O)O3)CC2)cc1. The molecule has 1 amide bonds. The van der Waals surface area contributed by atoms with Crippen molar-refractivity contribution in [2.75, 3.05) is 39.8 Å². The Kier molecular flexibility index (Phi) is 6.58. The maximum Gasteiger partial charge on any atom is 0.312 e. The first kappa shape index (κ1) is 21.1. The van der Waals surface area contributed by atoms with E-state index >= 15 is 0 Å². The van der Waals surface area contributed by atoms with Crippen LogP contribution in [0.2, 0.25) is 0 Å². The number of nitrogens with zero attached hydrogens (tertiary/aromatic N) is 1. The molecule has 3 aliphatic heterocycles. The molecule has 30 heavy (non-hydrogen) atoms. The quantitative estimate of drug-likeness (QED) is 0.689. The molecule has 1 aromatic rings. The number of rotatable bonds is 6. The third-order valence-corrected chi connectivity index (χ3v) is 6.93. The molecule has 4 rings (SSSR count). The van der Waals surface area contributed by atoms with Crippen LogP contribution < -0.4 is 15.4 Å². The van der Waals surface area contributed by atoms with Crippen LogP contribution in [0.3, 0.4) is 0 Å². The molecule has 7 heteroatoms. The number of carbonyl (C=O) groups is 2. The summed E-state index contributed by atoms with van der Waals surface area (Å²) in [5.41, 5.74) is 0.812. The average Bonchev–Trinajstić information content (AvgIpc) is 3.07. The summed E-state index contributed by atoms with van der Waals surface area (Å²) >= 11 is 0. The number of benzene rings is 1. The highest BCUT2D eigenvalue weighted by Crippen LogP contribution is 2.41. The van der Waals surface area contributed by atoms with Gasteiger partial charge in [-0.15, -0.1) is 0 Å². The number of likely N-dealkylation sites (tertiary alicyclic amines) is 1. The van der Waals surface area contributed by atoms with Gasteiger partial charge in [0.15, 0.2) is 0 Å². The molecule has 0 aromatic heterocycles. The third-order valence-electron chi connectivity index (χ3n) is 6.93. The number of hydrogen-bond donors (Lipinski definition) is 2. The molecule has 7 nitrogen and oxygen atoms in total. The first-order valence-corrected chi connectivity index (χ1v) is 11.1. The summed E-state index contributed by atoms with van der Waals surface area (Å²) in [6.45, 7) is 4.89. The lowest BCUT2D eigenvalue weighted by atomic mass is 9.76. The molecule has 3 aliphatic rings. The van der Waals surface area contributed by atoms with Crippen LogP contribution in [0.15, 0.2) is 24.3 Å². The van der Waals surface area contributed by atoms with Gasteiger partial charge in [0.1, 0.15) is 11.9 Å². The molecule has 164 valence electrons. The minimum atomic E-state index is -0.254. The highest BCUT2D eigenvalue weighted by molar-refractivity contribution is 5.79. The van der Waals surface area contributed by atoms with E-state index in [1.807, 2.05) is 24.3 Å². The van der Waals surface area contributed by atoms with Gasteiger partial charge in [-0.3, -0.25) is 14.5 Å². The standard InChI is InChI=1S/C23H33N3O4/c1-29-19-4-2-17(3-5-19)15-25-21(27)18-6-12-26(13-7-18)16-20-14-23(22(28)30-20)8-10-24-11-9-23/h2-5,18,20,24H,6-16H2,1H3,(H,25,27). The number of hydrogen-bond acceptors (Lipinski definition) is 6. The van der Waals surface area contributed by atoms with E-state index < -0.39 is 0 Å².